The van der Waals surface area contributed by atoms with Gasteiger partial charge in [0.25, 0.3) is 11.8 Å². The number of urea groups is 1. The number of carbonyl (C=O) groups is 3. The Balaban J connectivity index is 1.51. The predicted octanol–water partition coefficient (Wildman–Crippen LogP) is 4.29. The van der Waals surface area contributed by atoms with Crippen LogP contribution in [0.5, 0.6) is 0 Å². The van der Waals surface area contributed by atoms with Gasteiger partial charge in [-0.1, -0.05) is 30.3 Å². The summed E-state index contributed by atoms with van der Waals surface area (Å²) in [5.41, 5.74) is 3.17. The molecule has 0 radical (unpaired) electrons. The summed E-state index contributed by atoms with van der Waals surface area (Å²) >= 11 is 0. The van der Waals surface area contributed by atoms with Gasteiger partial charge in [-0.3, -0.25) is 9.59 Å². The number of carbonyl (C=O) groups excluding carboxylic acids is 3. The first-order valence-corrected chi connectivity index (χ1v) is 13.3. The second kappa shape index (κ2) is 13.4. The van der Waals surface area contributed by atoms with Crippen molar-refractivity contribution in [1.82, 2.24) is 15.5 Å². The summed E-state index contributed by atoms with van der Waals surface area (Å²) in [6.07, 6.45) is 1.34. The van der Waals surface area contributed by atoms with Gasteiger partial charge in [-0.15, -0.1) is 0 Å². The Hall–Kier alpha value is -4.40. The number of halogens is 1. The van der Waals surface area contributed by atoms with Crippen LogP contribution in [0.3, 0.4) is 0 Å². The molecule has 0 aliphatic carbocycles. The van der Waals surface area contributed by atoms with Gasteiger partial charge in [-0.25, -0.2) is 9.18 Å². The van der Waals surface area contributed by atoms with E-state index in [4.69, 9.17) is 0 Å². The highest BCUT2D eigenvalue weighted by Crippen LogP contribution is 2.29. The van der Waals surface area contributed by atoms with Crippen molar-refractivity contribution in [3.63, 3.8) is 0 Å². The van der Waals surface area contributed by atoms with E-state index in [9.17, 15) is 18.8 Å². The Kier molecular flexibility index (Phi) is 9.50. The molecular formula is C30H34FN5O3. The van der Waals surface area contributed by atoms with Crippen molar-refractivity contribution in [2.75, 3.05) is 49.5 Å². The van der Waals surface area contributed by atoms with Crippen LogP contribution in [0.4, 0.5) is 20.6 Å². The third-order valence-corrected chi connectivity index (χ3v) is 6.61. The summed E-state index contributed by atoms with van der Waals surface area (Å²) in [4.78, 5) is 42.3. The number of anilines is 2. The lowest BCUT2D eigenvalue weighted by Gasteiger charge is -2.26. The number of hydrogen-bond acceptors (Lipinski definition) is 4. The van der Waals surface area contributed by atoms with E-state index in [-0.39, 0.29) is 23.7 Å². The van der Waals surface area contributed by atoms with E-state index in [2.05, 4.69) is 20.9 Å². The van der Waals surface area contributed by atoms with Gasteiger partial charge in [0, 0.05) is 50.4 Å². The first-order chi connectivity index (χ1) is 18.9. The van der Waals surface area contributed by atoms with Gasteiger partial charge in [0.05, 0.1) is 11.4 Å². The summed E-state index contributed by atoms with van der Waals surface area (Å²) in [7, 11) is 0. The Labute approximate surface area is 228 Å². The molecule has 0 aromatic heterocycles. The minimum absolute atomic E-state index is 0.0791. The van der Waals surface area contributed by atoms with Gasteiger partial charge in [-0.2, -0.15) is 0 Å². The molecule has 3 N–H and O–H groups in total. The summed E-state index contributed by atoms with van der Waals surface area (Å²) in [6.45, 7) is 5.33. The van der Waals surface area contributed by atoms with Crippen molar-refractivity contribution >= 4 is 29.2 Å². The number of nitrogens with one attached hydrogen (secondary N) is 3. The van der Waals surface area contributed by atoms with Crippen molar-refractivity contribution in [2.24, 2.45) is 0 Å². The maximum atomic E-state index is 13.1. The SMILES string of the molecule is CCNC(=O)N1CCCN(c2ccc(C(=O)NCCc3ccc(F)cc3)cc2NC(=O)c2ccccc2)CC1. The van der Waals surface area contributed by atoms with Crippen LogP contribution in [0, 0.1) is 5.82 Å². The normalized spacial score (nSPS) is 13.4. The van der Waals surface area contributed by atoms with E-state index in [1.54, 1.807) is 53.4 Å². The second-order valence-electron chi connectivity index (χ2n) is 9.35. The highest BCUT2D eigenvalue weighted by molar-refractivity contribution is 6.07. The van der Waals surface area contributed by atoms with Gasteiger partial charge in [0.1, 0.15) is 5.82 Å². The summed E-state index contributed by atoms with van der Waals surface area (Å²) in [6, 6.07) is 20.3. The average molecular weight is 532 g/mol. The predicted molar refractivity (Wildman–Crippen MR) is 151 cm³/mol. The molecule has 8 nitrogen and oxygen atoms in total. The van der Waals surface area contributed by atoms with Gasteiger partial charge >= 0.3 is 6.03 Å². The molecule has 9 heteroatoms. The maximum absolute atomic E-state index is 13.1. The zero-order valence-electron chi connectivity index (χ0n) is 22.1. The zero-order chi connectivity index (χ0) is 27.6. The van der Waals surface area contributed by atoms with E-state index in [1.807, 2.05) is 19.1 Å². The smallest absolute Gasteiger partial charge is 0.317 e. The largest absolute Gasteiger partial charge is 0.368 e. The molecular weight excluding hydrogens is 497 g/mol. The fourth-order valence-corrected chi connectivity index (χ4v) is 4.54. The molecule has 1 aliphatic heterocycles. The van der Waals surface area contributed by atoms with Crippen molar-refractivity contribution in [1.29, 1.82) is 0 Å². The number of rotatable bonds is 8. The molecule has 0 bridgehead atoms. The quantitative estimate of drug-likeness (QED) is 0.404. The molecule has 0 unspecified atom stereocenters. The molecule has 204 valence electrons. The molecule has 0 atom stereocenters. The van der Waals surface area contributed by atoms with Crippen LogP contribution >= 0.6 is 0 Å². The number of nitrogens with zero attached hydrogens (tertiary/aromatic N) is 2. The van der Waals surface area contributed by atoms with Crippen molar-refractivity contribution in [2.45, 2.75) is 19.8 Å². The molecule has 1 saturated heterocycles. The molecule has 1 aliphatic rings. The lowest BCUT2D eigenvalue weighted by Crippen LogP contribution is -2.42. The van der Waals surface area contributed by atoms with Crippen molar-refractivity contribution in [3.8, 4) is 0 Å². The maximum Gasteiger partial charge on any atom is 0.317 e. The van der Waals surface area contributed by atoms with E-state index < -0.39 is 0 Å². The van der Waals surface area contributed by atoms with Gasteiger partial charge in [0.15, 0.2) is 0 Å². The molecule has 1 fully saturated rings. The van der Waals surface area contributed by atoms with E-state index in [0.717, 1.165) is 17.7 Å². The van der Waals surface area contributed by atoms with Gasteiger partial charge in [0.2, 0.25) is 0 Å². The van der Waals surface area contributed by atoms with Gasteiger partial charge in [-0.05, 0) is 67.8 Å². The highest BCUT2D eigenvalue weighted by atomic mass is 19.1. The molecule has 3 aromatic rings. The van der Waals surface area contributed by atoms with Crippen LogP contribution < -0.4 is 20.9 Å². The van der Waals surface area contributed by atoms with Crippen molar-refractivity contribution in [3.05, 3.63) is 95.3 Å². The van der Waals surface area contributed by atoms with Crippen LogP contribution in [0.1, 0.15) is 39.6 Å². The standard InChI is InChI=1S/C30H34FN5O3/c1-2-32-30(39)36-18-6-17-35(19-20-36)27-14-11-24(21-26(27)34-29(38)23-7-4-3-5-8-23)28(37)33-16-15-22-9-12-25(31)13-10-22/h3-5,7-14,21H,2,6,15-20H2,1H3,(H,32,39)(H,33,37)(H,34,38). The minimum Gasteiger partial charge on any atom is -0.368 e. The highest BCUT2D eigenvalue weighted by Gasteiger charge is 2.22. The fraction of sp³-hybridized carbons (Fsp3) is 0.300. The molecule has 3 aromatic carbocycles. The molecule has 4 amide bonds. The van der Waals surface area contributed by atoms with Crippen LogP contribution in [0.2, 0.25) is 0 Å². The van der Waals surface area contributed by atoms with Crippen molar-refractivity contribution < 1.29 is 18.8 Å². The lowest BCUT2D eigenvalue weighted by atomic mass is 10.1. The third-order valence-electron chi connectivity index (χ3n) is 6.61. The van der Waals surface area contributed by atoms with Crippen LogP contribution in [0.15, 0.2) is 72.8 Å². The van der Waals surface area contributed by atoms with Crippen LogP contribution in [-0.2, 0) is 6.42 Å². The van der Waals surface area contributed by atoms with Crippen LogP contribution in [0.25, 0.3) is 0 Å². The lowest BCUT2D eigenvalue weighted by molar-refractivity contribution is 0.0952. The Morgan fingerprint density at radius 1 is 0.821 bits per heavy atom. The number of hydrogen-bond donors (Lipinski definition) is 3. The summed E-state index contributed by atoms with van der Waals surface area (Å²) in [5, 5.41) is 8.75. The Morgan fingerprint density at radius 3 is 2.33 bits per heavy atom. The molecule has 1 heterocycles. The van der Waals surface area contributed by atoms with E-state index in [1.165, 1.54) is 12.1 Å². The molecule has 0 spiro atoms. The summed E-state index contributed by atoms with van der Waals surface area (Å²) in [5.74, 6) is -0.837. The molecule has 39 heavy (non-hydrogen) atoms. The Morgan fingerprint density at radius 2 is 1.59 bits per heavy atom. The first-order valence-electron chi connectivity index (χ1n) is 13.3. The topological polar surface area (TPSA) is 93.8 Å². The minimum atomic E-state index is -0.297. The average Bonchev–Trinajstić information content (AvgIpc) is 3.21. The van der Waals surface area contributed by atoms with Crippen LogP contribution in [-0.4, -0.2) is 62.0 Å². The number of benzene rings is 3. The molecule has 0 saturated carbocycles. The third kappa shape index (κ3) is 7.56. The monoisotopic (exact) mass is 531 g/mol. The van der Waals surface area contributed by atoms with Gasteiger partial charge < -0.3 is 25.8 Å². The molecule has 4 rings (SSSR count). The van der Waals surface area contributed by atoms with E-state index in [0.29, 0.717) is 62.5 Å². The van der Waals surface area contributed by atoms with E-state index >= 15 is 0 Å². The number of amides is 4. The second-order valence-corrected chi connectivity index (χ2v) is 9.35. The first kappa shape index (κ1) is 27.6. The fourth-order valence-electron chi connectivity index (χ4n) is 4.54. The summed E-state index contributed by atoms with van der Waals surface area (Å²) < 4.78 is 13.1. The zero-order valence-corrected chi connectivity index (χ0v) is 22.1. The Bertz CT molecular complexity index is 1280.